The summed E-state index contributed by atoms with van der Waals surface area (Å²) in [6, 6.07) is 11.9. The largest absolute Gasteiger partial charge is 0.300 e. The molecule has 1 heteroatoms. The average Bonchev–Trinajstić information content (AvgIpc) is 3.10. The minimum Gasteiger partial charge on any atom is -0.300 e. The van der Waals surface area contributed by atoms with Gasteiger partial charge >= 0.3 is 0 Å². The molecule has 2 unspecified atom stereocenters. The number of likely N-dealkylation sites (tertiary alicyclic amines) is 1. The number of benzene rings is 1. The molecule has 92 valence electrons. The van der Waals surface area contributed by atoms with Crippen LogP contribution in [0.2, 0.25) is 0 Å². The fourth-order valence-corrected chi connectivity index (χ4v) is 3.10. The summed E-state index contributed by atoms with van der Waals surface area (Å²) < 4.78 is 0. The summed E-state index contributed by atoms with van der Waals surface area (Å²) in [5.41, 5.74) is 2.12. The van der Waals surface area contributed by atoms with Gasteiger partial charge in [-0.05, 0) is 43.3 Å². The second-order valence-corrected chi connectivity index (χ2v) is 6.52. The predicted octanol–water partition coefficient (Wildman–Crippen LogP) is 3.66. The molecule has 0 radical (unpaired) electrons. The van der Waals surface area contributed by atoms with Crippen LogP contribution >= 0.6 is 0 Å². The van der Waals surface area contributed by atoms with Crippen LogP contribution < -0.4 is 0 Å². The molecule has 1 nitrogen and oxygen atoms in total. The highest BCUT2D eigenvalue weighted by Crippen LogP contribution is 2.46. The lowest BCUT2D eigenvalue weighted by Gasteiger charge is -2.37. The second kappa shape index (κ2) is 4.13. The van der Waals surface area contributed by atoms with Crippen molar-refractivity contribution in [2.75, 3.05) is 13.1 Å². The smallest absolute Gasteiger partial charge is 0.0171 e. The van der Waals surface area contributed by atoms with Gasteiger partial charge in [0.1, 0.15) is 0 Å². The molecule has 3 rings (SSSR count). The molecule has 0 spiro atoms. The first kappa shape index (κ1) is 11.3. The molecule has 2 atom stereocenters. The van der Waals surface area contributed by atoms with Crippen LogP contribution in [-0.2, 0) is 0 Å². The summed E-state index contributed by atoms with van der Waals surface area (Å²) in [5, 5.41) is 0. The fourth-order valence-electron chi connectivity index (χ4n) is 3.10. The SMILES string of the molecule is CC1(C)CCN(C2CC2c2ccccc2)CC1. The van der Waals surface area contributed by atoms with Crippen LogP contribution in [0.15, 0.2) is 30.3 Å². The molecule has 2 fully saturated rings. The zero-order chi connectivity index (χ0) is 11.9. The quantitative estimate of drug-likeness (QED) is 0.748. The number of rotatable bonds is 2. The summed E-state index contributed by atoms with van der Waals surface area (Å²) in [6.07, 6.45) is 4.11. The van der Waals surface area contributed by atoms with E-state index in [1.807, 2.05) is 0 Å². The fraction of sp³-hybridized carbons (Fsp3) is 0.625. The minimum absolute atomic E-state index is 0.577. The van der Waals surface area contributed by atoms with Gasteiger partial charge in [-0.1, -0.05) is 44.2 Å². The highest BCUT2D eigenvalue weighted by atomic mass is 15.2. The first-order chi connectivity index (χ1) is 8.16. The highest BCUT2D eigenvalue weighted by molar-refractivity contribution is 5.27. The standard InChI is InChI=1S/C16H23N/c1-16(2)8-10-17(11-9-16)15-12-14(15)13-6-4-3-5-7-13/h3-7,14-15H,8-12H2,1-2H3. The topological polar surface area (TPSA) is 3.24 Å². The molecule has 0 aromatic heterocycles. The minimum atomic E-state index is 0.577. The normalized spacial score (nSPS) is 32.4. The molecular formula is C16H23N. The van der Waals surface area contributed by atoms with E-state index in [2.05, 4.69) is 49.1 Å². The van der Waals surface area contributed by atoms with E-state index in [1.165, 1.54) is 32.4 Å². The molecule has 0 N–H and O–H groups in total. The molecule has 2 aliphatic rings. The monoisotopic (exact) mass is 229 g/mol. The number of piperidine rings is 1. The van der Waals surface area contributed by atoms with Crippen LogP contribution in [0.1, 0.15) is 44.6 Å². The maximum Gasteiger partial charge on any atom is 0.0171 e. The van der Waals surface area contributed by atoms with E-state index in [-0.39, 0.29) is 0 Å². The second-order valence-electron chi connectivity index (χ2n) is 6.52. The molecule has 17 heavy (non-hydrogen) atoms. The molecule has 1 saturated heterocycles. The highest BCUT2D eigenvalue weighted by Gasteiger charge is 2.44. The summed E-state index contributed by atoms with van der Waals surface area (Å²) in [6.45, 7) is 7.43. The van der Waals surface area contributed by atoms with Crippen molar-refractivity contribution in [2.45, 2.75) is 45.1 Å². The zero-order valence-corrected chi connectivity index (χ0v) is 11.0. The Balaban J connectivity index is 1.59. The molecule has 0 amide bonds. The molecule has 1 aromatic rings. The summed E-state index contributed by atoms with van der Waals surface area (Å²) >= 11 is 0. The maximum atomic E-state index is 2.73. The number of nitrogens with zero attached hydrogens (tertiary/aromatic N) is 1. The summed E-state index contributed by atoms with van der Waals surface area (Å²) in [7, 11) is 0. The van der Waals surface area contributed by atoms with Crippen molar-refractivity contribution in [1.82, 2.24) is 4.90 Å². The van der Waals surface area contributed by atoms with Crippen LogP contribution in [-0.4, -0.2) is 24.0 Å². The van der Waals surface area contributed by atoms with Crippen molar-refractivity contribution in [3.63, 3.8) is 0 Å². The Kier molecular flexibility index (Phi) is 2.74. The van der Waals surface area contributed by atoms with Crippen LogP contribution in [0.3, 0.4) is 0 Å². The Bertz CT molecular complexity index is 372. The van der Waals surface area contributed by atoms with Crippen molar-refractivity contribution in [2.24, 2.45) is 5.41 Å². The maximum absolute atomic E-state index is 2.73. The lowest BCUT2D eigenvalue weighted by Crippen LogP contribution is -2.39. The summed E-state index contributed by atoms with van der Waals surface area (Å²) in [4.78, 5) is 2.73. The van der Waals surface area contributed by atoms with Gasteiger partial charge in [0.2, 0.25) is 0 Å². The number of hydrogen-bond donors (Lipinski definition) is 0. The summed E-state index contributed by atoms with van der Waals surface area (Å²) in [5.74, 6) is 0.817. The Morgan fingerprint density at radius 3 is 2.35 bits per heavy atom. The molecule has 1 aliphatic carbocycles. The third-order valence-electron chi connectivity index (χ3n) is 4.61. The Labute approximate surface area is 105 Å². The van der Waals surface area contributed by atoms with E-state index in [1.54, 1.807) is 5.56 Å². The number of hydrogen-bond acceptors (Lipinski definition) is 1. The van der Waals surface area contributed by atoms with Crippen molar-refractivity contribution in [1.29, 1.82) is 0 Å². The van der Waals surface area contributed by atoms with Gasteiger partial charge in [0, 0.05) is 12.0 Å². The van der Waals surface area contributed by atoms with E-state index in [9.17, 15) is 0 Å². The van der Waals surface area contributed by atoms with Crippen molar-refractivity contribution < 1.29 is 0 Å². The Morgan fingerprint density at radius 1 is 1.06 bits per heavy atom. The van der Waals surface area contributed by atoms with Gasteiger partial charge in [0.25, 0.3) is 0 Å². The predicted molar refractivity (Wildman–Crippen MR) is 72.2 cm³/mol. The first-order valence-corrected chi connectivity index (χ1v) is 6.95. The Hall–Kier alpha value is -0.820. The van der Waals surface area contributed by atoms with Gasteiger partial charge in [-0.15, -0.1) is 0 Å². The van der Waals surface area contributed by atoms with Gasteiger partial charge in [0.15, 0.2) is 0 Å². The van der Waals surface area contributed by atoms with Gasteiger partial charge in [-0.2, -0.15) is 0 Å². The van der Waals surface area contributed by atoms with Gasteiger partial charge in [-0.3, -0.25) is 4.90 Å². The van der Waals surface area contributed by atoms with E-state index in [0.717, 1.165) is 12.0 Å². The van der Waals surface area contributed by atoms with E-state index in [4.69, 9.17) is 0 Å². The van der Waals surface area contributed by atoms with Crippen LogP contribution in [0.25, 0.3) is 0 Å². The average molecular weight is 229 g/mol. The van der Waals surface area contributed by atoms with Crippen molar-refractivity contribution in [3.8, 4) is 0 Å². The molecule has 1 aromatic carbocycles. The third-order valence-corrected chi connectivity index (χ3v) is 4.61. The van der Waals surface area contributed by atoms with E-state index in [0.29, 0.717) is 5.41 Å². The molecule has 1 aliphatic heterocycles. The van der Waals surface area contributed by atoms with Crippen LogP contribution in [0, 0.1) is 5.41 Å². The van der Waals surface area contributed by atoms with Crippen molar-refractivity contribution >= 4 is 0 Å². The van der Waals surface area contributed by atoms with E-state index < -0.39 is 0 Å². The van der Waals surface area contributed by atoms with Crippen LogP contribution in [0.5, 0.6) is 0 Å². The van der Waals surface area contributed by atoms with Crippen molar-refractivity contribution in [3.05, 3.63) is 35.9 Å². The van der Waals surface area contributed by atoms with Gasteiger partial charge < -0.3 is 0 Å². The van der Waals surface area contributed by atoms with Gasteiger partial charge in [-0.25, -0.2) is 0 Å². The molecule has 1 saturated carbocycles. The molecule has 1 heterocycles. The third kappa shape index (κ3) is 2.40. The van der Waals surface area contributed by atoms with Gasteiger partial charge in [0.05, 0.1) is 0 Å². The lowest BCUT2D eigenvalue weighted by molar-refractivity contribution is 0.124. The zero-order valence-electron chi connectivity index (χ0n) is 11.0. The van der Waals surface area contributed by atoms with Crippen LogP contribution in [0.4, 0.5) is 0 Å². The molecule has 0 bridgehead atoms. The van der Waals surface area contributed by atoms with E-state index >= 15 is 0 Å². The first-order valence-electron chi connectivity index (χ1n) is 6.95. The molecular weight excluding hydrogens is 206 g/mol. The lowest BCUT2D eigenvalue weighted by atomic mass is 9.82. The Morgan fingerprint density at radius 2 is 1.71 bits per heavy atom.